The Labute approximate surface area is 139 Å². The minimum Gasteiger partial charge on any atom is -0.491 e. The molecule has 0 saturated heterocycles. The standard InChI is InChI=1S/C17H17N3O4/c1-23-17(22)13-7-9-14(10-8-13)24-11-15(21)16(19-20-18)12-5-3-2-4-6-12/h2-10,15-16,21H,11H2,1H3/t15-,16+/m0/s1. The number of ether oxygens (including phenoxy) is 2. The van der Waals surface area contributed by atoms with Gasteiger partial charge in [0.25, 0.3) is 0 Å². The van der Waals surface area contributed by atoms with E-state index in [4.69, 9.17) is 10.3 Å². The summed E-state index contributed by atoms with van der Waals surface area (Å²) in [7, 11) is 1.31. The largest absolute Gasteiger partial charge is 0.491 e. The third-order valence-corrected chi connectivity index (χ3v) is 3.38. The quantitative estimate of drug-likeness (QED) is 0.364. The van der Waals surface area contributed by atoms with Crippen LogP contribution in [0.15, 0.2) is 59.7 Å². The van der Waals surface area contributed by atoms with Gasteiger partial charge in [-0.25, -0.2) is 4.79 Å². The highest BCUT2D eigenvalue weighted by Crippen LogP contribution is 2.23. The van der Waals surface area contributed by atoms with E-state index in [1.54, 1.807) is 48.5 Å². The van der Waals surface area contributed by atoms with Gasteiger partial charge in [-0.05, 0) is 35.4 Å². The highest BCUT2D eigenvalue weighted by molar-refractivity contribution is 5.89. The molecule has 2 rings (SSSR count). The van der Waals surface area contributed by atoms with Crippen LogP contribution in [0.1, 0.15) is 22.0 Å². The summed E-state index contributed by atoms with van der Waals surface area (Å²) >= 11 is 0. The normalized spacial score (nSPS) is 12.6. The maximum atomic E-state index is 11.4. The van der Waals surface area contributed by atoms with Gasteiger partial charge in [0.1, 0.15) is 18.5 Å². The number of aliphatic hydroxyl groups excluding tert-OH is 1. The third-order valence-electron chi connectivity index (χ3n) is 3.38. The van der Waals surface area contributed by atoms with Crippen LogP contribution in [0.5, 0.6) is 5.75 Å². The van der Waals surface area contributed by atoms with Gasteiger partial charge in [0.15, 0.2) is 0 Å². The number of aliphatic hydroxyl groups is 1. The van der Waals surface area contributed by atoms with E-state index in [1.165, 1.54) is 7.11 Å². The minimum atomic E-state index is -1.01. The smallest absolute Gasteiger partial charge is 0.337 e. The summed E-state index contributed by atoms with van der Waals surface area (Å²) in [4.78, 5) is 14.1. The number of rotatable bonds is 7. The first kappa shape index (κ1) is 17.3. The molecule has 2 aromatic carbocycles. The molecular formula is C17H17N3O4. The summed E-state index contributed by atoms with van der Waals surface area (Å²) in [5, 5.41) is 13.9. The number of benzene rings is 2. The predicted molar refractivity (Wildman–Crippen MR) is 87.6 cm³/mol. The zero-order valence-corrected chi connectivity index (χ0v) is 13.1. The zero-order valence-electron chi connectivity index (χ0n) is 13.1. The van der Waals surface area contributed by atoms with Crippen LogP contribution in [-0.2, 0) is 4.74 Å². The Hall–Kier alpha value is -3.02. The van der Waals surface area contributed by atoms with Crippen molar-refractivity contribution in [1.82, 2.24) is 0 Å². The van der Waals surface area contributed by atoms with Crippen molar-refractivity contribution < 1.29 is 19.4 Å². The molecule has 0 radical (unpaired) electrons. The molecule has 124 valence electrons. The summed E-state index contributed by atoms with van der Waals surface area (Å²) in [5.74, 6) is 0.0449. The summed E-state index contributed by atoms with van der Waals surface area (Å²) in [6.07, 6.45) is -1.01. The fourth-order valence-electron chi connectivity index (χ4n) is 2.15. The SMILES string of the molecule is COC(=O)c1ccc(OC[C@H](O)[C@H](N=[N+]=[N-])c2ccccc2)cc1. The lowest BCUT2D eigenvalue weighted by Gasteiger charge is -2.19. The lowest BCUT2D eigenvalue weighted by atomic mass is 10.0. The predicted octanol–water partition coefficient (Wildman–Crippen LogP) is 3.26. The average Bonchev–Trinajstić information content (AvgIpc) is 2.64. The van der Waals surface area contributed by atoms with Gasteiger partial charge in [0.05, 0.1) is 18.7 Å². The van der Waals surface area contributed by atoms with Crippen LogP contribution < -0.4 is 4.74 Å². The van der Waals surface area contributed by atoms with Crippen LogP contribution in [0.4, 0.5) is 0 Å². The molecule has 0 fully saturated rings. The van der Waals surface area contributed by atoms with E-state index < -0.39 is 18.1 Å². The van der Waals surface area contributed by atoms with E-state index in [1.807, 2.05) is 6.07 Å². The number of azide groups is 1. The van der Waals surface area contributed by atoms with Crippen molar-refractivity contribution in [3.05, 3.63) is 76.2 Å². The molecule has 24 heavy (non-hydrogen) atoms. The molecule has 0 bridgehead atoms. The molecule has 0 amide bonds. The van der Waals surface area contributed by atoms with E-state index >= 15 is 0 Å². The number of nitrogens with zero attached hydrogens (tertiary/aromatic N) is 3. The van der Waals surface area contributed by atoms with Gasteiger partial charge in [-0.1, -0.05) is 35.4 Å². The van der Waals surface area contributed by atoms with Crippen LogP contribution in [-0.4, -0.2) is 30.9 Å². The minimum absolute atomic E-state index is 0.0594. The van der Waals surface area contributed by atoms with Gasteiger partial charge in [-0.3, -0.25) is 0 Å². The van der Waals surface area contributed by atoms with Gasteiger partial charge in [0, 0.05) is 4.91 Å². The molecule has 0 saturated carbocycles. The summed E-state index contributed by atoms with van der Waals surface area (Å²) in [6, 6.07) is 14.6. The maximum Gasteiger partial charge on any atom is 0.337 e. The molecule has 0 heterocycles. The monoisotopic (exact) mass is 327 g/mol. The fraction of sp³-hybridized carbons (Fsp3) is 0.235. The van der Waals surface area contributed by atoms with Crippen molar-refractivity contribution in [2.45, 2.75) is 12.1 Å². The second kappa shape index (κ2) is 8.57. The summed E-state index contributed by atoms with van der Waals surface area (Å²) in [6.45, 7) is -0.0594. The van der Waals surface area contributed by atoms with Crippen LogP contribution in [0, 0.1) is 0 Å². The summed E-state index contributed by atoms with van der Waals surface area (Å²) < 4.78 is 10.1. The Morgan fingerprint density at radius 3 is 2.46 bits per heavy atom. The van der Waals surface area contributed by atoms with Crippen LogP contribution in [0.2, 0.25) is 0 Å². The first-order valence-electron chi connectivity index (χ1n) is 7.24. The molecule has 1 N–H and O–H groups in total. The number of hydrogen-bond acceptors (Lipinski definition) is 5. The number of methoxy groups -OCH3 is 1. The van der Waals surface area contributed by atoms with Gasteiger partial charge in [0.2, 0.25) is 0 Å². The molecule has 0 aliphatic carbocycles. The number of esters is 1. The lowest BCUT2D eigenvalue weighted by Crippen LogP contribution is -2.24. The van der Waals surface area contributed by atoms with Crippen LogP contribution >= 0.6 is 0 Å². The summed E-state index contributed by atoms with van der Waals surface area (Å²) in [5.41, 5.74) is 9.81. The lowest BCUT2D eigenvalue weighted by molar-refractivity contribution is 0.0600. The number of hydrogen-bond donors (Lipinski definition) is 1. The van der Waals surface area contributed by atoms with Gasteiger partial charge < -0.3 is 14.6 Å². The van der Waals surface area contributed by atoms with E-state index in [9.17, 15) is 9.90 Å². The number of carbonyl (C=O) groups is 1. The van der Waals surface area contributed by atoms with Gasteiger partial charge in [-0.2, -0.15) is 0 Å². The van der Waals surface area contributed by atoms with Crippen LogP contribution in [0.3, 0.4) is 0 Å². The Kier molecular flexibility index (Phi) is 6.19. The van der Waals surface area contributed by atoms with Crippen molar-refractivity contribution in [2.24, 2.45) is 5.11 Å². The fourth-order valence-corrected chi connectivity index (χ4v) is 2.15. The van der Waals surface area contributed by atoms with E-state index in [0.29, 0.717) is 16.9 Å². The first-order valence-corrected chi connectivity index (χ1v) is 7.24. The average molecular weight is 327 g/mol. The second-order valence-electron chi connectivity index (χ2n) is 4.95. The van der Waals surface area contributed by atoms with Crippen molar-refractivity contribution in [2.75, 3.05) is 13.7 Å². The molecule has 0 spiro atoms. The zero-order chi connectivity index (χ0) is 17.4. The third kappa shape index (κ3) is 4.49. The van der Waals surface area contributed by atoms with E-state index in [-0.39, 0.29) is 6.61 Å². The molecule has 0 aliphatic rings. The molecule has 7 heteroatoms. The molecular weight excluding hydrogens is 310 g/mol. The number of carbonyl (C=O) groups excluding carboxylic acids is 1. The molecule has 0 aromatic heterocycles. The van der Waals surface area contributed by atoms with Crippen molar-refractivity contribution in [3.8, 4) is 5.75 Å². The first-order chi connectivity index (χ1) is 11.7. The van der Waals surface area contributed by atoms with Gasteiger partial charge >= 0.3 is 5.97 Å². The van der Waals surface area contributed by atoms with E-state index in [2.05, 4.69) is 14.8 Å². The Morgan fingerprint density at radius 2 is 1.88 bits per heavy atom. The van der Waals surface area contributed by atoms with Crippen molar-refractivity contribution >= 4 is 5.97 Å². The van der Waals surface area contributed by atoms with Crippen LogP contribution in [0.25, 0.3) is 10.4 Å². The van der Waals surface area contributed by atoms with Crippen molar-refractivity contribution in [1.29, 1.82) is 0 Å². The second-order valence-corrected chi connectivity index (χ2v) is 4.95. The Morgan fingerprint density at radius 1 is 1.21 bits per heavy atom. The highest BCUT2D eigenvalue weighted by Gasteiger charge is 2.20. The Bertz CT molecular complexity index is 712. The topological polar surface area (TPSA) is 105 Å². The molecule has 7 nitrogen and oxygen atoms in total. The van der Waals surface area contributed by atoms with E-state index in [0.717, 1.165) is 0 Å². The maximum absolute atomic E-state index is 11.4. The molecule has 0 aliphatic heterocycles. The van der Waals surface area contributed by atoms with Gasteiger partial charge in [-0.15, -0.1) is 0 Å². The molecule has 2 aromatic rings. The molecule has 2 atom stereocenters. The van der Waals surface area contributed by atoms with Crippen molar-refractivity contribution in [3.63, 3.8) is 0 Å². The highest BCUT2D eigenvalue weighted by atomic mass is 16.5. The molecule has 0 unspecified atom stereocenters. The Balaban J connectivity index is 2.01.